The van der Waals surface area contributed by atoms with E-state index in [9.17, 15) is 0 Å². The van der Waals surface area contributed by atoms with Crippen molar-refractivity contribution in [1.29, 1.82) is 0 Å². The summed E-state index contributed by atoms with van der Waals surface area (Å²) in [5.41, 5.74) is 4.14. The SMILES string of the molecule is CNCc1ccccc1OCC1Cc2ccccc21. The van der Waals surface area contributed by atoms with E-state index < -0.39 is 0 Å². The number of hydrogen-bond donors (Lipinski definition) is 1. The van der Waals surface area contributed by atoms with Gasteiger partial charge in [-0.05, 0) is 30.7 Å². The minimum Gasteiger partial charge on any atom is -0.493 e. The van der Waals surface area contributed by atoms with Gasteiger partial charge in [-0.15, -0.1) is 0 Å². The Labute approximate surface area is 114 Å². The van der Waals surface area contributed by atoms with E-state index in [1.165, 1.54) is 16.7 Å². The summed E-state index contributed by atoms with van der Waals surface area (Å²) < 4.78 is 6.01. The van der Waals surface area contributed by atoms with Gasteiger partial charge < -0.3 is 10.1 Å². The van der Waals surface area contributed by atoms with Gasteiger partial charge in [0.15, 0.2) is 0 Å². The van der Waals surface area contributed by atoms with Gasteiger partial charge in [-0.2, -0.15) is 0 Å². The van der Waals surface area contributed by atoms with Crippen molar-refractivity contribution in [3.05, 3.63) is 65.2 Å². The number of benzene rings is 2. The third-order valence-electron chi connectivity index (χ3n) is 3.74. The molecule has 1 aliphatic carbocycles. The fourth-order valence-electron chi connectivity index (χ4n) is 2.68. The molecule has 0 spiro atoms. The molecule has 0 aliphatic heterocycles. The molecule has 98 valence electrons. The van der Waals surface area contributed by atoms with Crippen LogP contribution >= 0.6 is 0 Å². The zero-order chi connectivity index (χ0) is 13.1. The Balaban J connectivity index is 1.65. The second kappa shape index (κ2) is 5.45. The summed E-state index contributed by atoms with van der Waals surface area (Å²) in [6.07, 6.45) is 1.14. The lowest BCUT2D eigenvalue weighted by Crippen LogP contribution is -2.23. The van der Waals surface area contributed by atoms with Gasteiger partial charge in [0.1, 0.15) is 5.75 Å². The quantitative estimate of drug-likeness (QED) is 0.884. The summed E-state index contributed by atoms with van der Waals surface area (Å²) in [4.78, 5) is 0. The molecule has 2 aromatic rings. The highest BCUT2D eigenvalue weighted by atomic mass is 16.5. The van der Waals surface area contributed by atoms with Gasteiger partial charge >= 0.3 is 0 Å². The molecule has 2 aromatic carbocycles. The van der Waals surface area contributed by atoms with E-state index in [1.807, 2.05) is 13.1 Å². The van der Waals surface area contributed by atoms with Crippen LogP contribution in [0.4, 0.5) is 0 Å². The molecule has 0 amide bonds. The number of para-hydroxylation sites is 1. The molecule has 0 radical (unpaired) electrons. The lowest BCUT2D eigenvalue weighted by atomic mass is 9.78. The second-order valence-electron chi connectivity index (χ2n) is 5.05. The van der Waals surface area contributed by atoms with Crippen molar-refractivity contribution in [2.75, 3.05) is 13.7 Å². The molecule has 0 bridgehead atoms. The largest absolute Gasteiger partial charge is 0.493 e. The standard InChI is InChI=1S/C17H19NO/c1-18-11-14-7-3-5-9-17(14)19-12-15-10-13-6-2-4-8-16(13)15/h2-9,15,18H,10-12H2,1H3. The fourth-order valence-corrected chi connectivity index (χ4v) is 2.68. The topological polar surface area (TPSA) is 21.3 Å². The molecule has 2 nitrogen and oxygen atoms in total. The molecule has 0 fully saturated rings. The van der Waals surface area contributed by atoms with Crippen molar-refractivity contribution in [1.82, 2.24) is 5.32 Å². The van der Waals surface area contributed by atoms with E-state index in [2.05, 4.69) is 47.8 Å². The van der Waals surface area contributed by atoms with Crippen LogP contribution in [0.1, 0.15) is 22.6 Å². The molecule has 0 saturated heterocycles. The van der Waals surface area contributed by atoms with Gasteiger partial charge in [-0.1, -0.05) is 42.5 Å². The van der Waals surface area contributed by atoms with E-state index in [-0.39, 0.29) is 0 Å². The highest BCUT2D eigenvalue weighted by Crippen LogP contribution is 2.35. The smallest absolute Gasteiger partial charge is 0.123 e. The van der Waals surface area contributed by atoms with Gasteiger partial charge in [0.25, 0.3) is 0 Å². The molecule has 1 atom stereocenters. The van der Waals surface area contributed by atoms with Gasteiger partial charge in [-0.25, -0.2) is 0 Å². The number of ether oxygens (including phenoxy) is 1. The molecule has 1 aliphatic rings. The molecule has 0 heterocycles. The van der Waals surface area contributed by atoms with Gasteiger partial charge in [0, 0.05) is 18.0 Å². The average Bonchev–Trinajstić information content (AvgIpc) is 2.42. The first-order chi connectivity index (χ1) is 9.38. The van der Waals surface area contributed by atoms with Crippen LogP contribution in [-0.2, 0) is 13.0 Å². The first-order valence-corrected chi connectivity index (χ1v) is 6.81. The maximum atomic E-state index is 6.01. The average molecular weight is 253 g/mol. The Morgan fingerprint density at radius 2 is 1.89 bits per heavy atom. The number of nitrogens with one attached hydrogen (secondary N) is 1. The van der Waals surface area contributed by atoms with Crippen LogP contribution in [-0.4, -0.2) is 13.7 Å². The molecule has 1 unspecified atom stereocenters. The van der Waals surface area contributed by atoms with Crippen LogP contribution in [0, 0.1) is 0 Å². The maximum absolute atomic E-state index is 6.01. The predicted octanol–water partition coefficient (Wildman–Crippen LogP) is 3.12. The van der Waals surface area contributed by atoms with Crippen LogP contribution in [0.2, 0.25) is 0 Å². The number of rotatable bonds is 5. The van der Waals surface area contributed by atoms with E-state index >= 15 is 0 Å². The van der Waals surface area contributed by atoms with Crippen LogP contribution in [0.3, 0.4) is 0 Å². The summed E-state index contributed by atoms with van der Waals surface area (Å²) >= 11 is 0. The Morgan fingerprint density at radius 1 is 1.11 bits per heavy atom. The first kappa shape index (κ1) is 12.2. The summed E-state index contributed by atoms with van der Waals surface area (Å²) in [6.45, 7) is 1.62. The molecule has 0 saturated carbocycles. The van der Waals surface area contributed by atoms with E-state index in [0.29, 0.717) is 5.92 Å². The van der Waals surface area contributed by atoms with Gasteiger partial charge in [0.2, 0.25) is 0 Å². The lowest BCUT2D eigenvalue weighted by Gasteiger charge is -2.30. The normalized spacial score (nSPS) is 16.6. The van der Waals surface area contributed by atoms with Crippen molar-refractivity contribution in [2.45, 2.75) is 18.9 Å². The van der Waals surface area contributed by atoms with E-state index in [1.54, 1.807) is 0 Å². The molecule has 0 aromatic heterocycles. The molecule has 1 N–H and O–H groups in total. The Bertz CT molecular complexity index is 565. The Morgan fingerprint density at radius 3 is 2.74 bits per heavy atom. The Kier molecular flexibility index (Phi) is 3.51. The molecule has 2 heteroatoms. The van der Waals surface area contributed by atoms with Crippen molar-refractivity contribution in [2.24, 2.45) is 0 Å². The molecular formula is C17H19NO. The molecular weight excluding hydrogens is 234 g/mol. The summed E-state index contributed by atoms with van der Waals surface area (Å²) in [5.74, 6) is 1.56. The van der Waals surface area contributed by atoms with Crippen LogP contribution < -0.4 is 10.1 Å². The third kappa shape index (κ3) is 2.49. The Hall–Kier alpha value is -1.80. The van der Waals surface area contributed by atoms with Crippen molar-refractivity contribution < 1.29 is 4.74 Å². The lowest BCUT2D eigenvalue weighted by molar-refractivity contribution is 0.272. The monoisotopic (exact) mass is 253 g/mol. The van der Waals surface area contributed by atoms with Crippen LogP contribution in [0.5, 0.6) is 5.75 Å². The van der Waals surface area contributed by atoms with Crippen LogP contribution in [0.25, 0.3) is 0 Å². The van der Waals surface area contributed by atoms with Crippen LogP contribution in [0.15, 0.2) is 48.5 Å². The molecule has 19 heavy (non-hydrogen) atoms. The highest BCUT2D eigenvalue weighted by Gasteiger charge is 2.25. The minimum absolute atomic E-state index is 0.554. The fraction of sp³-hybridized carbons (Fsp3) is 0.294. The maximum Gasteiger partial charge on any atom is 0.123 e. The van der Waals surface area contributed by atoms with E-state index in [0.717, 1.165) is 25.3 Å². The second-order valence-corrected chi connectivity index (χ2v) is 5.05. The summed E-state index contributed by atoms with van der Waals surface area (Å²) in [7, 11) is 1.96. The third-order valence-corrected chi connectivity index (χ3v) is 3.74. The zero-order valence-corrected chi connectivity index (χ0v) is 11.2. The van der Waals surface area contributed by atoms with E-state index in [4.69, 9.17) is 4.74 Å². The van der Waals surface area contributed by atoms with Crippen molar-refractivity contribution in [3.63, 3.8) is 0 Å². The highest BCUT2D eigenvalue weighted by molar-refractivity contribution is 5.40. The van der Waals surface area contributed by atoms with Crippen molar-refractivity contribution in [3.8, 4) is 5.75 Å². The number of fused-ring (bicyclic) bond motifs is 1. The van der Waals surface area contributed by atoms with Crippen molar-refractivity contribution >= 4 is 0 Å². The predicted molar refractivity (Wildman–Crippen MR) is 77.6 cm³/mol. The summed E-state index contributed by atoms with van der Waals surface area (Å²) in [5, 5.41) is 3.18. The molecule has 3 rings (SSSR count). The first-order valence-electron chi connectivity index (χ1n) is 6.81. The summed E-state index contributed by atoms with van der Waals surface area (Å²) in [6, 6.07) is 16.9. The number of hydrogen-bond acceptors (Lipinski definition) is 2. The van der Waals surface area contributed by atoms with Gasteiger partial charge in [0.05, 0.1) is 6.61 Å². The minimum atomic E-state index is 0.554. The zero-order valence-electron chi connectivity index (χ0n) is 11.2. The van der Waals surface area contributed by atoms with Gasteiger partial charge in [-0.3, -0.25) is 0 Å².